The van der Waals surface area contributed by atoms with Gasteiger partial charge in [-0.1, -0.05) is 67.1 Å². The van der Waals surface area contributed by atoms with Gasteiger partial charge >= 0.3 is 0 Å². The van der Waals surface area contributed by atoms with Crippen molar-refractivity contribution in [2.75, 3.05) is 13.1 Å². The Morgan fingerprint density at radius 2 is 1.54 bits per heavy atom. The van der Waals surface area contributed by atoms with Crippen LogP contribution >= 0.6 is 0 Å². The van der Waals surface area contributed by atoms with Gasteiger partial charge in [0.15, 0.2) is 0 Å². The first-order valence-electron chi connectivity index (χ1n) is 15.0. The van der Waals surface area contributed by atoms with Crippen molar-refractivity contribution in [1.29, 1.82) is 5.26 Å². The Morgan fingerprint density at radius 3 is 2.37 bits per heavy atom. The molecule has 208 valence electrons. The van der Waals surface area contributed by atoms with Crippen LogP contribution in [0, 0.1) is 18.3 Å². The molecule has 2 aliphatic rings. The van der Waals surface area contributed by atoms with Crippen molar-refractivity contribution in [1.82, 2.24) is 4.90 Å². The van der Waals surface area contributed by atoms with Crippen molar-refractivity contribution in [2.45, 2.75) is 65.2 Å². The number of likely N-dealkylation sites (tertiary alicyclic amines) is 1. The highest BCUT2D eigenvalue weighted by molar-refractivity contribution is 5.68. The van der Waals surface area contributed by atoms with Crippen LogP contribution in [0.5, 0.6) is 11.5 Å². The number of hydrogen-bond donors (Lipinski definition) is 0. The summed E-state index contributed by atoms with van der Waals surface area (Å²) in [7, 11) is 0. The van der Waals surface area contributed by atoms with Crippen LogP contribution in [0.2, 0.25) is 0 Å². The standard InChI is InChI=1S/C37H38N2O2/c1-27-31(15-9-16-32(27)30-13-4-2-5-14-30)26-41-36-22-37(40-25-29-12-8-11-28(21-29)23-38)35(33-17-10-18-34(33)36)24-39-19-6-3-7-20-39/h2,4-5,8-9,11-16,21-22H,3,6-7,10,17-20,24-26H2,1H3. The molecule has 1 aliphatic heterocycles. The SMILES string of the molecule is Cc1c(COc2cc(OCc3cccc(C#N)c3)c(CN3CCCCC3)c3c2CCC3)cccc1-c1ccccc1. The first kappa shape index (κ1) is 27.1. The minimum absolute atomic E-state index is 0.430. The quantitative estimate of drug-likeness (QED) is 0.214. The first-order chi connectivity index (χ1) is 20.2. The van der Waals surface area contributed by atoms with Gasteiger partial charge in [0.25, 0.3) is 0 Å². The monoisotopic (exact) mass is 542 g/mol. The molecule has 4 aromatic carbocycles. The molecular formula is C37H38N2O2. The summed E-state index contributed by atoms with van der Waals surface area (Å²) in [5.74, 6) is 1.87. The Bertz CT molecular complexity index is 1550. The molecule has 1 fully saturated rings. The largest absolute Gasteiger partial charge is 0.488 e. The van der Waals surface area contributed by atoms with Gasteiger partial charge in [0.05, 0.1) is 11.6 Å². The van der Waals surface area contributed by atoms with Crippen LogP contribution < -0.4 is 9.47 Å². The average molecular weight is 543 g/mol. The van der Waals surface area contributed by atoms with Gasteiger partial charge in [0.2, 0.25) is 0 Å². The van der Waals surface area contributed by atoms with Crippen molar-refractivity contribution in [3.8, 4) is 28.7 Å². The Kier molecular flexibility index (Phi) is 8.35. The number of fused-ring (bicyclic) bond motifs is 1. The lowest BCUT2D eigenvalue weighted by Gasteiger charge is -2.29. The molecule has 4 aromatic rings. The summed E-state index contributed by atoms with van der Waals surface area (Å²) in [5, 5.41) is 9.36. The van der Waals surface area contributed by atoms with Crippen LogP contribution in [0.1, 0.15) is 64.6 Å². The summed E-state index contributed by atoms with van der Waals surface area (Å²) in [6, 6.07) is 29.1. The Labute approximate surface area is 244 Å². The zero-order valence-corrected chi connectivity index (χ0v) is 24.0. The van der Waals surface area contributed by atoms with Gasteiger partial charge in [-0.25, -0.2) is 0 Å². The van der Waals surface area contributed by atoms with E-state index in [-0.39, 0.29) is 0 Å². The molecule has 0 N–H and O–H groups in total. The molecule has 0 aromatic heterocycles. The highest BCUT2D eigenvalue weighted by Crippen LogP contribution is 2.41. The van der Waals surface area contributed by atoms with Gasteiger partial charge in [0, 0.05) is 18.2 Å². The third-order valence-electron chi connectivity index (χ3n) is 8.63. The summed E-state index contributed by atoms with van der Waals surface area (Å²) in [6.45, 7) is 6.36. The van der Waals surface area contributed by atoms with E-state index in [1.807, 2.05) is 24.3 Å². The lowest BCUT2D eigenvalue weighted by atomic mass is 9.96. The smallest absolute Gasteiger partial charge is 0.128 e. The predicted octanol–water partition coefficient (Wildman–Crippen LogP) is 8.17. The van der Waals surface area contributed by atoms with E-state index in [0.29, 0.717) is 18.8 Å². The Balaban J connectivity index is 1.30. The maximum atomic E-state index is 9.36. The minimum atomic E-state index is 0.430. The first-order valence-corrected chi connectivity index (χ1v) is 15.0. The van der Waals surface area contributed by atoms with E-state index < -0.39 is 0 Å². The highest BCUT2D eigenvalue weighted by atomic mass is 16.5. The lowest BCUT2D eigenvalue weighted by molar-refractivity contribution is 0.214. The summed E-state index contributed by atoms with van der Waals surface area (Å²) in [4.78, 5) is 2.58. The number of nitriles is 1. The van der Waals surface area contributed by atoms with Gasteiger partial charge < -0.3 is 9.47 Å². The molecule has 0 saturated carbocycles. The highest BCUT2D eigenvalue weighted by Gasteiger charge is 2.26. The molecule has 0 unspecified atom stereocenters. The lowest BCUT2D eigenvalue weighted by Crippen LogP contribution is -2.29. The molecule has 1 heterocycles. The average Bonchev–Trinajstić information content (AvgIpc) is 3.52. The molecule has 0 spiro atoms. The maximum Gasteiger partial charge on any atom is 0.128 e. The molecule has 0 amide bonds. The van der Waals surface area contributed by atoms with E-state index in [1.54, 1.807) is 0 Å². The number of ether oxygens (including phenoxy) is 2. The van der Waals surface area contributed by atoms with E-state index in [4.69, 9.17) is 9.47 Å². The van der Waals surface area contributed by atoms with Crippen LogP contribution in [-0.2, 0) is 32.6 Å². The fraction of sp³-hybridized carbons (Fsp3) is 0.324. The number of benzene rings is 4. The van der Waals surface area contributed by atoms with Gasteiger partial charge in [-0.05, 0) is 103 Å². The van der Waals surface area contributed by atoms with Crippen molar-refractivity contribution in [3.63, 3.8) is 0 Å². The number of nitrogens with zero attached hydrogens (tertiary/aromatic N) is 2. The summed E-state index contributed by atoms with van der Waals surface area (Å²) < 4.78 is 13.2. The second-order valence-corrected chi connectivity index (χ2v) is 11.3. The van der Waals surface area contributed by atoms with Gasteiger partial charge in [-0.2, -0.15) is 5.26 Å². The van der Waals surface area contributed by atoms with E-state index in [9.17, 15) is 5.26 Å². The van der Waals surface area contributed by atoms with E-state index in [2.05, 4.69) is 72.5 Å². The number of rotatable bonds is 9. The van der Waals surface area contributed by atoms with Crippen LogP contribution in [-0.4, -0.2) is 18.0 Å². The van der Waals surface area contributed by atoms with E-state index >= 15 is 0 Å². The fourth-order valence-corrected chi connectivity index (χ4v) is 6.38. The second-order valence-electron chi connectivity index (χ2n) is 11.3. The molecule has 1 saturated heterocycles. The molecule has 6 rings (SSSR count). The zero-order chi connectivity index (χ0) is 28.0. The molecule has 4 heteroatoms. The molecule has 0 atom stereocenters. The van der Waals surface area contributed by atoms with Crippen LogP contribution in [0.15, 0.2) is 78.9 Å². The van der Waals surface area contributed by atoms with Gasteiger partial charge in [-0.3, -0.25) is 4.90 Å². The second kappa shape index (κ2) is 12.6. The Morgan fingerprint density at radius 1 is 0.756 bits per heavy atom. The molecule has 0 bridgehead atoms. The van der Waals surface area contributed by atoms with Crippen LogP contribution in [0.4, 0.5) is 0 Å². The third kappa shape index (κ3) is 6.16. The topological polar surface area (TPSA) is 45.5 Å². The van der Waals surface area contributed by atoms with Crippen molar-refractivity contribution in [3.05, 3.63) is 118 Å². The van der Waals surface area contributed by atoms with Gasteiger partial charge in [0.1, 0.15) is 24.7 Å². The van der Waals surface area contributed by atoms with Crippen molar-refractivity contribution in [2.24, 2.45) is 0 Å². The predicted molar refractivity (Wildman–Crippen MR) is 164 cm³/mol. The maximum absolute atomic E-state index is 9.36. The van der Waals surface area contributed by atoms with Gasteiger partial charge in [-0.15, -0.1) is 0 Å². The summed E-state index contributed by atoms with van der Waals surface area (Å²) in [6.07, 6.45) is 7.12. The summed E-state index contributed by atoms with van der Waals surface area (Å²) >= 11 is 0. The van der Waals surface area contributed by atoms with Crippen LogP contribution in [0.3, 0.4) is 0 Å². The Hall–Kier alpha value is -4.07. The van der Waals surface area contributed by atoms with Crippen LogP contribution in [0.25, 0.3) is 11.1 Å². The van der Waals surface area contributed by atoms with E-state index in [1.165, 1.54) is 58.2 Å². The third-order valence-corrected chi connectivity index (χ3v) is 8.63. The minimum Gasteiger partial charge on any atom is -0.488 e. The normalized spacial score (nSPS) is 14.8. The number of hydrogen-bond acceptors (Lipinski definition) is 4. The van der Waals surface area contributed by atoms with E-state index in [0.717, 1.165) is 56.0 Å². The fourth-order valence-electron chi connectivity index (χ4n) is 6.38. The molecule has 4 nitrogen and oxygen atoms in total. The van der Waals surface area contributed by atoms with Crippen molar-refractivity contribution < 1.29 is 9.47 Å². The molecular weight excluding hydrogens is 504 g/mol. The zero-order valence-electron chi connectivity index (χ0n) is 24.0. The number of piperidine rings is 1. The molecule has 41 heavy (non-hydrogen) atoms. The van der Waals surface area contributed by atoms with Crippen molar-refractivity contribution >= 4 is 0 Å². The molecule has 1 aliphatic carbocycles. The molecule has 0 radical (unpaired) electrons. The summed E-state index contributed by atoms with van der Waals surface area (Å²) in [5.41, 5.74) is 10.7.